The Balaban J connectivity index is 0.00000242. The SMILES string of the molecule is Cc1ccccc1C(C)NC(=O)CC(N)c1ccccc1.Cl. The largest absolute Gasteiger partial charge is 0.350 e. The molecule has 0 saturated heterocycles. The third-order valence-corrected chi connectivity index (χ3v) is 3.67. The molecule has 0 saturated carbocycles. The number of nitrogens with one attached hydrogen (secondary N) is 1. The van der Waals surface area contributed by atoms with Gasteiger partial charge in [0.15, 0.2) is 0 Å². The summed E-state index contributed by atoms with van der Waals surface area (Å²) >= 11 is 0. The lowest BCUT2D eigenvalue weighted by Crippen LogP contribution is -2.30. The summed E-state index contributed by atoms with van der Waals surface area (Å²) in [5, 5.41) is 3.02. The van der Waals surface area contributed by atoms with Crippen molar-refractivity contribution in [1.82, 2.24) is 5.32 Å². The fourth-order valence-corrected chi connectivity index (χ4v) is 2.47. The van der Waals surface area contributed by atoms with E-state index < -0.39 is 0 Å². The van der Waals surface area contributed by atoms with Gasteiger partial charge < -0.3 is 11.1 Å². The van der Waals surface area contributed by atoms with Crippen LogP contribution in [0.15, 0.2) is 54.6 Å². The average molecular weight is 319 g/mol. The van der Waals surface area contributed by atoms with Gasteiger partial charge in [-0.25, -0.2) is 0 Å². The molecule has 0 radical (unpaired) electrons. The number of aryl methyl sites for hydroxylation is 1. The highest BCUT2D eigenvalue weighted by molar-refractivity contribution is 5.85. The molecule has 0 heterocycles. The van der Waals surface area contributed by atoms with E-state index >= 15 is 0 Å². The minimum absolute atomic E-state index is 0. The first-order chi connectivity index (χ1) is 10.1. The molecular formula is C18H23ClN2O. The molecule has 0 aliphatic heterocycles. The Bertz CT molecular complexity index is 601. The number of benzene rings is 2. The minimum atomic E-state index is -0.268. The number of carbonyl (C=O) groups is 1. The van der Waals surface area contributed by atoms with Gasteiger partial charge in [-0.15, -0.1) is 12.4 Å². The lowest BCUT2D eigenvalue weighted by atomic mass is 10.0. The van der Waals surface area contributed by atoms with Crippen LogP contribution in [0.25, 0.3) is 0 Å². The van der Waals surface area contributed by atoms with Gasteiger partial charge in [0, 0.05) is 12.5 Å². The Morgan fingerprint density at radius 3 is 2.32 bits per heavy atom. The van der Waals surface area contributed by atoms with E-state index in [2.05, 4.69) is 5.32 Å². The molecule has 0 aliphatic rings. The van der Waals surface area contributed by atoms with Gasteiger partial charge in [0.1, 0.15) is 0 Å². The zero-order valence-electron chi connectivity index (χ0n) is 13.0. The van der Waals surface area contributed by atoms with Crippen LogP contribution in [0.4, 0.5) is 0 Å². The number of carbonyl (C=O) groups excluding carboxylic acids is 1. The first-order valence-corrected chi connectivity index (χ1v) is 7.23. The van der Waals surface area contributed by atoms with E-state index in [0.717, 1.165) is 11.1 Å². The molecule has 0 fully saturated rings. The smallest absolute Gasteiger partial charge is 0.222 e. The van der Waals surface area contributed by atoms with Gasteiger partial charge in [-0.05, 0) is 30.5 Å². The van der Waals surface area contributed by atoms with Crippen molar-refractivity contribution in [1.29, 1.82) is 0 Å². The molecule has 2 rings (SSSR count). The molecule has 1 amide bonds. The van der Waals surface area contributed by atoms with Crippen LogP contribution in [0.3, 0.4) is 0 Å². The van der Waals surface area contributed by atoms with Crippen LogP contribution in [-0.2, 0) is 4.79 Å². The number of rotatable bonds is 5. The molecule has 0 spiro atoms. The summed E-state index contributed by atoms with van der Waals surface area (Å²) in [4.78, 5) is 12.1. The minimum Gasteiger partial charge on any atom is -0.350 e. The second kappa shape index (κ2) is 8.57. The second-order valence-corrected chi connectivity index (χ2v) is 5.37. The van der Waals surface area contributed by atoms with Crippen LogP contribution in [0.5, 0.6) is 0 Å². The lowest BCUT2D eigenvalue weighted by Gasteiger charge is -2.18. The van der Waals surface area contributed by atoms with Crippen molar-refractivity contribution in [2.45, 2.75) is 32.4 Å². The molecule has 0 bridgehead atoms. The summed E-state index contributed by atoms with van der Waals surface area (Å²) in [6, 6.07) is 17.5. The summed E-state index contributed by atoms with van der Waals surface area (Å²) in [6.07, 6.45) is 0.292. The van der Waals surface area contributed by atoms with E-state index in [4.69, 9.17) is 5.73 Å². The Hall–Kier alpha value is -1.84. The van der Waals surface area contributed by atoms with Crippen molar-refractivity contribution in [3.8, 4) is 0 Å². The van der Waals surface area contributed by atoms with E-state index in [1.165, 1.54) is 5.56 Å². The van der Waals surface area contributed by atoms with Crippen LogP contribution in [0.1, 0.15) is 42.1 Å². The van der Waals surface area contributed by atoms with Gasteiger partial charge >= 0.3 is 0 Å². The van der Waals surface area contributed by atoms with Gasteiger partial charge in [0.25, 0.3) is 0 Å². The van der Waals surface area contributed by atoms with E-state index in [9.17, 15) is 4.79 Å². The molecular weight excluding hydrogens is 296 g/mol. The standard InChI is InChI=1S/C18H22N2O.ClH/c1-13-8-6-7-11-16(13)14(2)20-18(21)12-17(19)15-9-4-3-5-10-15;/h3-11,14,17H,12,19H2,1-2H3,(H,20,21);1H. The van der Waals surface area contributed by atoms with E-state index in [-0.39, 0.29) is 30.4 Å². The predicted molar refractivity (Wildman–Crippen MR) is 93.0 cm³/mol. The molecule has 3 N–H and O–H groups in total. The van der Waals surface area contributed by atoms with Gasteiger partial charge in [0.05, 0.1) is 6.04 Å². The molecule has 2 unspecified atom stereocenters. The van der Waals surface area contributed by atoms with Crippen molar-refractivity contribution in [3.63, 3.8) is 0 Å². The van der Waals surface area contributed by atoms with Crippen LogP contribution < -0.4 is 11.1 Å². The van der Waals surface area contributed by atoms with Crippen molar-refractivity contribution in [2.75, 3.05) is 0 Å². The highest BCUT2D eigenvalue weighted by Crippen LogP contribution is 2.18. The van der Waals surface area contributed by atoms with Crippen molar-refractivity contribution >= 4 is 18.3 Å². The first-order valence-electron chi connectivity index (χ1n) is 7.23. The third kappa shape index (κ3) is 4.86. The predicted octanol–water partition coefficient (Wildman–Crippen LogP) is 3.68. The maximum absolute atomic E-state index is 12.1. The molecule has 22 heavy (non-hydrogen) atoms. The highest BCUT2D eigenvalue weighted by atomic mass is 35.5. The zero-order chi connectivity index (χ0) is 15.2. The Kier molecular flexibility index (Phi) is 7.09. The average Bonchev–Trinajstić information content (AvgIpc) is 2.48. The maximum Gasteiger partial charge on any atom is 0.222 e. The summed E-state index contributed by atoms with van der Waals surface area (Å²) < 4.78 is 0. The summed E-state index contributed by atoms with van der Waals surface area (Å²) in [5.41, 5.74) is 9.38. The van der Waals surface area contributed by atoms with Crippen LogP contribution in [0, 0.1) is 6.92 Å². The first kappa shape index (κ1) is 18.2. The molecule has 2 atom stereocenters. The van der Waals surface area contributed by atoms with Crippen LogP contribution in [-0.4, -0.2) is 5.91 Å². The summed E-state index contributed by atoms with van der Waals surface area (Å²) in [6.45, 7) is 4.04. The fourth-order valence-electron chi connectivity index (χ4n) is 2.47. The molecule has 3 nitrogen and oxygen atoms in total. The summed E-state index contributed by atoms with van der Waals surface area (Å²) in [5.74, 6) is -0.0258. The van der Waals surface area contributed by atoms with Crippen LogP contribution in [0.2, 0.25) is 0 Å². The molecule has 2 aromatic rings. The van der Waals surface area contributed by atoms with Gasteiger partial charge in [-0.1, -0.05) is 54.6 Å². The van der Waals surface area contributed by atoms with Crippen LogP contribution >= 0.6 is 12.4 Å². The highest BCUT2D eigenvalue weighted by Gasteiger charge is 2.15. The zero-order valence-corrected chi connectivity index (χ0v) is 13.8. The lowest BCUT2D eigenvalue weighted by molar-refractivity contribution is -0.122. The quantitative estimate of drug-likeness (QED) is 0.883. The molecule has 2 aromatic carbocycles. The fraction of sp³-hybridized carbons (Fsp3) is 0.278. The number of nitrogens with two attached hydrogens (primary N) is 1. The van der Waals surface area contributed by atoms with Crippen molar-refractivity contribution in [2.24, 2.45) is 5.73 Å². The van der Waals surface area contributed by atoms with Gasteiger partial charge in [-0.2, -0.15) is 0 Å². The second-order valence-electron chi connectivity index (χ2n) is 5.37. The van der Waals surface area contributed by atoms with Gasteiger partial charge in [0.2, 0.25) is 5.91 Å². The number of hydrogen-bond acceptors (Lipinski definition) is 2. The maximum atomic E-state index is 12.1. The third-order valence-electron chi connectivity index (χ3n) is 3.67. The molecule has 0 aliphatic carbocycles. The Morgan fingerprint density at radius 2 is 1.68 bits per heavy atom. The molecule has 0 aromatic heterocycles. The molecule has 118 valence electrons. The normalized spacial score (nSPS) is 12.9. The topological polar surface area (TPSA) is 55.1 Å². The Labute approximate surface area is 138 Å². The van der Waals surface area contributed by atoms with Crippen molar-refractivity contribution < 1.29 is 4.79 Å². The number of halogens is 1. The summed E-state index contributed by atoms with van der Waals surface area (Å²) in [7, 11) is 0. The monoisotopic (exact) mass is 318 g/mol. The van der Waals surface area contributed by atoms with Gasteiger partial charge in [-0.3, -0.25) is 4.79 Å². The molecule has 4 heteroatoms. The number of amides is 1. The van der Waals surface area contributed by atoms with Crippen molar-refractivity contribution in [3.05, 3.63) is 71.3 Å². The van der Waals surface area contributed by atoms with E-state index in [1.807, 2.05) is 68.4 Å². The van der Waals surface area contributed by atoms with E-state index in [1.54, 1.807) is 0 Å². The Morgan fingerprint density at radius 1 is 1.09 bits per heavy atom. The number of hydrogen-bond donors (Lipinski definition) is 2. The van der Waals surface area contributed by atoms with E-state index in [0.29, 0.717) is 6.42 Å².